The Morgan fingerprint density at radius 2 is 1.83 bits per heavy atom. The highest BCUT2D eigenvalue weighted by atomic mass is 16.7. The lowest BCUT2D eigenvalue weighted by atomic mass is 9.74. The summed E-state index contributed by atoms with van der Waals surface area (Å²) in [6, 6.07) is 9.41. The number of carbonyl (C=O) groups is 1. The summed E-state index contributed by atoms with van der Waals surface area (Å²) in [4.78, 5) is 17.1. The fourth-order valence-corrected chi connectivity index (χ4v) is 1.85. The first kappa shape index (κ1) is 14.6. The van der Waals surface area contributed by atoms with Crippen molar-refractivity contribution in [2.75, 3.05) is 5.48 Å². The fourth-order valence-electron chi connectivity index (χ4n) is 1.85. The number of anilines is 1. The van der Waals surface area contributed by atoms with Gasteiger partial charge in [0.2, 0.25) is 0 Å². The average molecular weight is 249 g/mol. The zero-order valence-corrected chi connectivity index (χ0v) is 11.7. The number of rotatable bonds is 6. The Morgan fingerprint density at radius 1 is 1.28 bits per heavy atom. The Hall–Kier alpha value is -1.51. The van der Waals surface area contributed by atoms with Crippen molar-refractivity contribution in [3.05, 3.63) is 30.3 Å². The fraction of sp³-hybridized carbons (Fsp3) is 0.533. The van der Waals surface area contributed by atoms with E-state index in [2.05, 4.69) is 26.3 Å². The summed E-state index contributed by atoms with van der Waals surface area (Å²) in [7, 11) is 0. The molecule has 1 N–H and O–H groups in total. The summed E-state index contributed by atoms with van der Waals surface area (Å²) in [5.74, 6) is -0.325. The van der Waals surface area contributed by atoms with E-state index < -0.39 is 0 Å². The monoisotopic (exact) mass is 249 g/mol. The number of benzene rings is 1. The van der Waals surface area contributed by atoms with Crippen molar-refractivity contribution in [3.63, 3.8) is 0 Å². The molecule has 0 bridgehead atoms. The predicted molar refractivity (Wildman–Crippen MR) is 74.0 cm³/mol. The second-order valence-electron chi connectivity index (χ2n) is 4.97. The van der Waals surface area contributed by atoms with Crippen LogP contribution < -0.4 is 5.48 Å². The second-order valence-corrected chi connectivity index (χ2v) is 4.97. The number of hydrogen-bond donors (Lipinski definition) is 1. The molecule has 0 heterocycles. The molecule has 0 saturated carbocycles. The molecule has 3 nitrogen and oxygen atoms in total. The lowest BCUT2D eigenvalue weighted by Crippen LogP contribution is -2.32. The molecule has 0 radical (unpaired) electrons. The van der Waals surface area contributed by atoms with Crippen LogP contribution in [-0.2, 0) is 9.63 Å². The van der Waals surface area contributed by atoms with Gasteiger partial charge < -0.3 is 4.84 Å². The van der Waals surface area contributed by atoms with Crippen LogP contribution >= 0.6 is 0 Å². The van der Waals surface area contributed by atoms with Crippen LogP contribution in [0.4, 0.5) is 5.69 Å². The largest absolute Gasteiger partial charge is 0.343 e. The first-order valence-electron chi connectivity index (χ1n) is 6.55. The van der Waals surface area contributed by atoms with Gasteiger partial charge in [-0.05, 0) is 30.4 Å². The van der Waals surface area contributed by atoms with Crippen LogP contribution in [0.15, 0.2) is 30.3 Å². The van der Waals surface area contributed by atoms with Crippen LogP contribution in [-0.4, -0.2) is 5.97 Å². The van der Waals surface area contributed by atoms with Crippen LogP contribution in [0.25, 0.3) is 0 Å². The summed E-state index contributed by atoms with van der Waals surface area (Å²) in [6.45, 7) is 8.28. The number of carbonyl (C=O) groups excluding carboxylic acids is 1. The predicted octanol–water partition coefficient (Wildman–Crippen LogP) is 4.02. The maximum atomic E-state index is 12.0. The summed E-state index contributed by atoms with van der Waals surface area (Å²) in [6.07, 6.45) is 1.93. The van der Waals surface area contributed by atoms with E-state index in [9.17, 15) is 4.79 Å². The minimum absolute atomic E-state index is 0.00451. The highest BCUT2D eigenvalue weighted by Crippen LogP contribution is 2.35. The zero-order chi connectivity index (χ0) is 13.6. The molecule has 1 aromatic carbocycles. The van der Waals surface area contributed by atoms with Crippen molar-refractivity contribution in [1.29, 1.82) is 0 Å². The molecule has 1 aromatic rings. The lowest BCUT2D eigenvalue weighted by molar-refractivity contribution is -0.149. The molecule has 0 unspecified atom stereocenters. The van der Waals surface area contributed by atoms with Gasteiger partial charge in [0.25, 0.3) is 0 Å². The van der Waals surface area contributed by atoms with E-state index in [1.807, 2.05) is 37.3 Å². The molecule has 0 spiro atoms. The Bertz CT molecular complexity index is 371. The molecule has 0 saturated heterocycles. The highest BCUT2D eigenvalue weighted by molar-refractivity contribution is 5.73. The first-order chi connectivity index (χ1) is 8.53. The van der Waals surface area contributed by atoms with Crippen molar-refractivity contribution in [2.24, 2.45) is 11.3 Å². The first-order valence-corrected chi connectivity index (χ1v) is 6.55. The van der Waals surface area contributed by atoms with Crippen molar-refractivity contribution in [1.82, 2.24) is 0 Å². The third-order valence-electron chi connectivity index (χ3n) is 4.06. The smallest absolute Gasteiger partial charge is 0.335 e. The Balaban J connectivity index is 2.55. The molecule has 0 fully saturated rings. The van der Waals surface area contributed by atoms with Gasteiger partial charge in [-0.25, -0.2) is 10.3 Å². The topological polar surface area (TPSA) is 38.3 Å². The van der Waals surface area contributed by atoms with Crippen LogP contribution in [0.1, 0.15) is 40.5 Å². The molecule has 0 aliphatic carbocycles. The van der Waals surface area contributed by atoms with Crippen LogP contribution in [0, 0.1) is 11.3 Å². The lowest BCUT2D eigenvalue weighted by Gasteiger charge is -2.31. The Labute approximate surface area is 109 Å². The average Bonchev–Trinajstić information content (AvgIpc) is 2.44. The van der Waals surface area contributed by atoms with Gasteiger partial charge in [-0.1, -0.05) is 45.9 Å². The van der Waals surface area contributed by atoms with Gasteiger partial charge >= 0.3 is 5.97 Å². The van der Waals surface area contributed by atoms with Crippen molar-refractivity contribution >= 4 is 11.7 Å². The third kappa shape index (κ3) is 3.49. The summed E-state index contributed by atoms with van der Waals surface area (Å²) in [5.41, 5.74) is 3.48. The SMILES string of the molecule is CCC(C)(CC)[C@@H](C)C(=O)ONc1ccccc1. The van der Waals surface area contributed by atoms with E-state index in [0.717, 1.165) is 18.5 Å². The van der Waals surface area contributed by atoms with Gasteiger partial charge in [0.1, 0.15) is 0 Å². The molecule has 1 atom stereocenters. The molecule has 3 heteroatoms. The van der Waals surface area contributed by atoms with Gasteiger partial charge in [-0.2, -0.15) is 0 Å². The van der Waals surface area contributed by atoms with E-state index in [4.69, 9.17) is 4.84 Å². The maximum absolute atomic E-state index is 12.0. The van der Waals surface area contributed by atoms with Gasteiger partial charge in [0.15, 0.2) is 0 Å². The zero-order valence-electron chi connectivity index (χ0n) is 11.7. The van der Waals surface area contributed by atoms with Gasteiger partial charge in [-0.15, -0.1) is 0 Å². The van der Waals surface area contributed by atoms with Gasteiger partial charge in [0.05, 0.1) is 11.6 Å². The molecule has 18 heavy (non-hydrogen) atoms. The van der Waals surface area contributed by atoms with Crippen molar-refractivity contribution < 1.29 is 9.63 Å². The van der Waals surface area contributed by atoms with E-state index in [1.165, 1.54) is 0 Å². The quantitative estimate of drug-likeness (QED) is 0.774. The molecule has 1 rings (SSSR count). The minimum atomic E-state index is -0.204. The molecule has 0 aliphatic rings. The summed E-state index contributed by atoms with van der Waals surface area (Å²) < 4.78 is 0. The van der Waals surface area contributed by atoms with Gasteiger partial charge in [-0.3, -0.25) is 0 Å². The molecule has 0 amide bonds. The summed E-state index contributed by atoms with van der Waals surface area (Å²) >= 11 is 0. The third-order valence-corrected chi connectivity index (χ3v) is 4.06. The molecule has 100 valence electrons. The Kier molecular flexibility index (Phi) is 5.20. The van der Waals surface area contributed by atoms with Crippen LogP contribution in [0.2, 0.25) is 0 Å². The molecule has 0 aromatic heterocycles. The van der Waals surface area contributed by atoms with Crippen molar-refractivity contribution in [2.45, 2.75) is 40.5 Å². The van der Waals surface area contributed by atoms with E-state index in [0.29, 0.717) is 0 Å². The van der Waals surface area contributed by atoms with E-state index in [-0.39, 0.29) is 17.3 Å². The molecule has 0 aliphatic heterocycles. The minimum Gasteiger partial charge on any atom is -0.343 e. The van der Waals surface area contributed by atoms with Crippen molar-refractivity contribution in [3.8, 4) is 0 Å². The highest BCUT2D eigenvalue weighted by Gasteiger charge is 2.34. The van der Waals surface area contributed by atoms with E-state index in [1.54, 1.807) is 0 Å². The maximum Gasteiger partial charge on any atom is 0.335 e. The number of hydrogen-bond acceptors (Lipinski definition) is 3. The standard InChI is InChI=1S/C15H23NO2/c1-5-15(4,6-2)12(3)14(17)18-16-13-10-8-7-9-11-13/h7-12,16H,5-6H2,1-4H3/t12-/m0/s1. The second kappa shape index (κ2) is 6.43. The number of para-hydroxylation sites is 1. The summed E-state index contributed by atoms with van der Waals surface area (Å²) in [5, 5.41) is 0. The van der Waals surface area contributed by atoms with Gasteiger partial charge in [0, 0.05) is 0 Å². The molecular formula is C15H23NO2. The van der Waals surface area contributed by atoms with E-state index >= 15 is 0 Å². The number of nitrogens with one attached hydrogen (secondary N) is 1. The van der Waals surface area contributed by atoms with Crippen LogP contribution in [0.5, 0.6) is 0 Å². The Morgan fingerprint density at radius 3 is 2.33 bits per heavy atom. The molecular weight excluding hydrogens is 226 g/mol. The van der Waals surface area contributed by atoms with Crippen LogP contribution in [0.3, 0.4) is 0 Å². The normalized spacial score (nSPS) is 12.9.